The minimum absolute atomic E-state index is 0.128. The van der Waals surface area contributed by atoms with E-state index in [0.717, 1.165) is 6.41 Å². The maximum Gasteiger partial charge on any atom is 0.323 e. The standard InChI is InChI=1S/C13H14N4O3/c18-8-16-4-6-17(7-5-16)12(19)9-2-1-3-10-11(9)15-13(20)14-10/h1-3,8H,4-7H2,(H2,14,15,20). The summed E-state index contributed by atoms with van der Waals surface area (Å²) in [6.45, 7) is 2.08. The summed E-state index contributed by atoms with van der Waals surface area (Å²) in [4.78, 5) is 43.1. The zero-order valence-corrected chi connectivity index (χ0v) is 10.8. The molecule has 0 radical (unpaired) electrons. The molecule has 1 saturated heterocycles. The van der Waals surface area contributed by atoms with Gasteiger partial charge in [-0.25, -0.2) is 4.79 Å². The number of para-hydroxylation sites is 1. The number of carbonyl (C=O) groups is 2. The Morgan fingerprint density at radius 3 is 2.60 bits per heavy atom. The van der Waals surface area contributed by atoms with Crippen LogP contribution in [0.4, 0.5) is 0 Å². The van der Waals surface area contributed by atoms with Crippen molar-refractivity contribution in [3.63, 3.8) is 0 Å². The second kappa shape index (κ2) is 4.84. The van der Waals surface area contributed by atoms with Crippen LogP contribution in [0.2, 0.25) is 0 Å². The summed E-state index contributed by atoms with van der Waals surface area (Å²) < 4.78 is 0. The van der Waals surface area contributed by atoms with Crippen LogP contribution in [0.1, 0.15) is 10.4 Å². The molecule has 1 aliphatic rings. The minimum Gasteiger partial charge on any atom is -0.342 e. The molecule has 2 N–H and O–H groups in total. The molecule has 3 rings (SSSR count). The van der Waals surface area contributed by atoms with Crippen LogP contribution in [-0.4, -0.2) is 58.3 Å². The Hall–Kier alpha value is -2.57. The third-order valence-corrected chi connectivity index (χ3v) is 3.53. The molecule has 0 saturated carbocycles. The van der Waals surface area contributed by atoms with Gasteiger partial charge in [0.15, 0.2) is 0 Å². The van der Waals surface area contributed by atoms with E-state index < -0.39 is 0 Å². The van der Waals surface area contributed by atoms with E-state index in [0.29, 0.717) is 42.8 Å². The summed E-state index contributed by atoms with van der Waals surface area (Å²) in [5, 5.41) is 0. The van der Waals surface area contributed by atoms with Gasteiger partial charge in [0.05, 0.1) is 16.6 Å². The van der Waals surface area contributed by atoms with Crippen LogP contribution in [-0.2, 0) is 4.79 Å². The lowest BCUT2D eigenvalue weighted by Gasteiger charge is -2.32. The number of carbonyl (C=O) groups excluding carboxylic acids is 2. The number of imidazole rings is 1. The van der Waals surface area contributed by atoms with Crippen molar-refractivity contribution >= 4 is 23.4 Å². The zero-order chi connectivity index (χ0) is 14.1. The molecule has 1 aromatic carbocycles. The van der Waals surface area contributed by atoms with Crippen molar-refractivity contribution in [2.24, 2.45) is 0 Å². The maximum atomic E-state index is 12.5. The van der Waals surface area contributed by atoms with Crippen LogP contribution < -0.4 is 5.69 Å². The lowest BCUT2D eigenvalue weighted by molar-refractivity contribution is -0.119. The number of fused-ring (bicyclic) bond motifs is 1. The first-order chi connectivity index (χ1) is 9.69. The Kier molecular flexibility index (Phi) is 3.02. The largest absolute Gasteiger partial charge is 0.342 e. The SMILES string of the molecule is O=CN1CCN(C(=O)c2cccc3[nH]c(=O)[nH]c23)CC1. The van der Waals surface area contributed by atoms with Crippen LogP contribution in [0.3, 0.4) is 0 Å². The molecule has 104 valence electrons. The van der Waals surface area contributed by atoms with Gasteiger partial charge in [-0.1, -0.05) is 6.07 Å². The number of benzene rings is 1. The van der Waals surface area contributed by atoms with E-state index in [4.69, 9.17) is 0 Å². The Labute approximate surface area is 114 Å². The van der Waals surface area contributed by atoms with Gasteiger partial charge in [0, 0.05) is 26.2 Å². The average Bonchev–Trinajstić information content (AvgIpc) is 2.86. The van der Waals surface area contributed by atoms with Gasteiger partial charge in [-0.2, -0.15) is 0 Å². The normalized spacial score (nSPS) is 15.6. The number of amides is 2. The number of aromatic amines is 2. The summed E-state index contributed by atoms with van der Waals surface area (Å²) in [5.41, 5.74) is 1.29. The van der Waals surface area contributed by atoms with Crippen LogP contribution in [0.25, 0.3) is 11.0 Å². The number of aromatic nitrogens is 2. The van der Waals surface area contributed by atoms with Crippen molar-refractivity contribution in [3.05, 3.63) is 34.2 Å². The molecule has 2 amide bonds. The predicted octanol–water partition coefficient (Wildman–Crippen LogP) is -0.230. The molecular formula is C13H14N4O3. The molecule has 0 unspecified atom stereocenters. The Morgan fingerprint density at radius 1 is 1.15 bits per heavy atom. The molecule has 0 aliphatic carbocycles. The van der Waals surface area contributed by atoms with Crippen molar-refractivity contribution < 1.29 is 9.59 Å². The predicted molar refractivity (Wildman–Crippen MR) is 72.5 cm³/mol. The molecule has 20 heavy (non-hydrogen) atoms. The summed E-state index contributed by atoms with van der Waals surface area (Å²) in [7, 11) is 0. The lowest BCUT2D eigenvalue weighted by Crippen LogP contribution is -2.48. The Morgan fingerprint density at radius 2 is 1.90 bits per heavy atom. The van der Waals surface area contributed by atoms with Crippen molar-refractivity contribution in [3.8, 4) is 0 Å². The van der Waals surface area contributed by atoms with Crippen molar-refractivity contribution in [2.75, 3.05) is 26.2 Å². The second-order valence-electron chi connectivity index (χ2n) is 4.74. The van der Waals surface area contributed by atoms with E-state index >= 15 is 0 Å². The van der Waals surface area contributed by atoms with Gasteiger partial charge in [-0.15, -0.1) is 0 Å². The second-order valence-corrected chi connectivity index (χ2v) is 4.74. The number of nitrogens with one attached hydrogen (secondary N) is 2. The first-order valence-corrected chi connectivity index (χ1v) is 6.38. The quantitative estimate of drug-likeness (QED) is 0.741. The van der Waals surface area contributed by atoms with Crippen LogP contribution in [0.15, 0.2) is 23.0 Å². The Balaban J connectivity index is 1.89. The Bertz CT molecular complexity index is 710. The third kappa shape index (κ3) is 2.07. The molecule has 7 nitrogen and oxygen atoms in total. The first-order valence-electron chi connectivity index (χ1n) is 6.38. The third-order valence-electron chi connectivity index (χ3n) is 3.53. The van der Waals surface area contributed by atoms with Crippen molar-refractivity contribution in [1.82, 2.24) is 19.8 Å². The topological polar surface area (TPSA) is 89.3 Å². The fraction of sp³-hybridized carbons (Fsp3) is 0.308. The van der Waals surface area contributed by atoms with E-state index in [-0.39, 0.29) is 11.6 Å². The smallest absolute Gasteiger partial charge is 0.323 e. The van der Waals surface area contributed by atoms with Crippen LogP contribution in [0, 0.1) is 0 Å². The fourth-order valence-corrected chi connectivity index (χ4v) is 2.44. The van der Waals surface area contributed by atoms with Gasteiger partial charge in [0.1, 0.15) is 0 Å². The zero-order valence-electron chi connectivity index (χ0n) is 10.8. The summed E-state index contributed by atoms with van der Waals surface area (Å²) in [6.07, 6.45) is 0.798. The van der Waals surface area contributed by atoms with Crippen molar-refractivity contribution in [1.29, 1.82) is 0 Å². The highest BCUT2D eigenvalue weighted by Crippen LogP contribution is 2.16. The number of nitrogens with zero attached hydrogens (tertiary/aromatic N) is 2. The van der Waals surface area contributed by atoms with Gasteiger partial charge in [0.2, 0.25) is 6.41 Å². The minimum atomic E-state index is -0.328. The molecule has 2 heterocycles. The highest BCUT2D eigenvalue weighted by atomic mass is 16.2. The molecule has 0 atom stereocenters. The molecule has 1 aliphatic heterocycles. The van der Waals surface area contributed by atoms with Crippen molar-refractivity contribution in [2.45, 2.75) is 0 Å². The molecule has 1 aromatic heterocycles. The van der Waals surface area contributed by atoms with Gasteiger partial charge >= 0.3 is 5.69 Å². The number of H-pyrrole nitrogens is 2. The fourth-order valence-electron chi connectivity index (χ4n) is 2.44. The number of piperazine rings is 1. The average molecular weight is 274 g/mol. The first kappa shape index (κ1) is 12.5. The summed E-state index contributed by atoms with van der Waals surface area (Å²) in [5.74, 6) is -0.128. The molecule has 7 heteroatoms. The summed E-state index contributed by atoms with van der Waals surface area (Å²) >= 11 is 0. The van der Waals surface area contributed by atoms with Gasteiger partial charge in [0.25, 0.3) is 5.91 Å². The van der Waals surface area contributed by atoms with E-state index in [1.54, 1.807) is 28.0 Å². The van der Waals surface area contributed by atoms with Crippen LogP contribution >= 0.6 is 0 Å². The summed E-state index contributed by atoms with van der Waals surface area (Å²) in [6, 6.07) is 5.18. The number of rotatable bonds is 2. The van der Waals surface area contributed by atoms with E-state index in [1.165, 1.54) is 0 Å². The monoisotopic (exact) mass is 274 g/mol. The van der Waals surface area contributed by atoms with E-state index in [9.17, 15) is 14.4 Å². The van der Waals surface area contributed by atoms with Crippen LogP contribution in [0.5, 0.6) is 0 Å². The van der Waals surface area contributed by atoms with Gasteiger partial charge in [-0.3, -0.25) is 9.59 Å². The molecule has 0 spiro atoms. The number of hydrogen-bond acceptors (Lipinski definition) is 3. The highest BCUT2D eigenvalue weighted by molar-refractivity contribution is 6.04. The van der Waals surface area contributed by atoms with E-state index in [1.807, 2.05) is 0 Å². The molecule has 1 fully saturated rings. The van der Waals surface area contributed by atoms with Gasteiger partial charge in [-0.05, 0) is 12.1 Å². The lowest BCUT2D eigenvalue weighted by atomic mass is 10.1. The number of hydrogen-bond donors (Lipinski definition) is 2. The van der Waals surface area contributed by atoms with E-state index in [2.05, 4.69) is 9.97 Å². The molecular weight excluding hydrogens is 260 g/mol. The highest BCUT2D eigenvalue weighted by Gasteiger charge is 2.23. The molecule has 0 bridgehead atoms. The van der Waals surface area contributed by atoms with Gasteiger partial charge < -0.3 is 19.8 Å². The maximum absolute atomic E-state index is 12.5. The molecule has 2 aromatic rings.